The third-order valence-electron chi connectivity index (χ3n) is 3.27. The largest absolute Gasteiger partial charge is 0.497 e. The number of ether oxygens (including phenoxy) is 3. The molecule has 0 spiro atoms. The van der Waals surface area contributed by atoms with Crippen molar-refractivity contribution in [3.05, 3.63) is 53.6 Å². The van der Waals surface area contributed by atoms with E-state index < -0.39 is 5.97 Å². The molecule has 0 fully saturated rings. The highest BCUT2D eigenvalue weighted by Gasteiger charge is 2.08. The Morgan fingerprint density at radius 3 is 2.29 bits per heavy atom. The zero-order valence-electron chi connectivity index (χ0n) is 13.7. The summed E-state index contributed by atoms with van der Waals surface area (Å²) in [6, 6.07) is 14.5. The lowest BCUT2D eigenvalue weighted by molar-refractivity contribution is -0.132. The molecule has 122 valence electrons. The van der Waals surface area contributed by atoms with E-state index in [9.17, 15) is 10.1 Å². The Morgan fingerprint density at radius 1 is 1.04 bits per heavy atom. The molecule has 2 aromatic carbocycles. The molecule has 0 amide bonds. The summed E-state index contributed by atoms with van der Waals surface area (Å²) in [4.78, 5) is 11.1. The number of carbonyl (C=O) groups excluding carboxylic acids is 1. The zero-order chi connectivity index (χ0) is 17.5. The fourth-order valence-corrected chi connectivity index (χ4v) is 2.13. The van der Waals surface area contributed by atoms with Crippen LogP contribution in [0.2, 0.25) is 0 Å². The van der Waals surface area contributed by atoms with Crippen molar-refractivity contribution in [2.75, 3.05) is 14.2 Å². The van der Waals surface area contributed by atoms with Crippen molar-refractivity contribution in [1.82, 2.24) is 0 Å². The van der Waals surface area contributed by atoms with Gasteiger partial charge in [0, 0.05) is 6.92 Å². The fourth-order valence-electron chi connectivity index (χ4n) is 2.13. The van der Waals surface area contributed by atoms with Gasteiger partial charge in [-0.1, -0.05) is 6.07 Å². The quantitative estimate of drug-likeness (QED) is 0.363. The number of carbonyl (C=O) groups is 1. The number of rotatable bonds is 5. The van der Waals surface area contributed by atoms with E-state index in [1.807, 2.05) is 12.1 Å². The summed E-state index contributed by atoms with van der Waals surface area (Å²) in [5.41, 5.74) is 2.04. The summed E-state index contributed by atoms with van der Waals surface area (Å²) in [6.07, 6.45) is 1.74. The van der Waals surface area contributed by atoms with Gasteiger partial charge in [0.15, 0.2) is 11.5 Å². The lowest BCUT2D eigenvalue weighted by atomic mass is 10.0. The SMILES string of the molecule is COc1ccc(/C(C#N)=C\c2ccc(OC(C)=O)c(OC)c2)cc1. The molecule has 0 aromatic heterocycles. The minimum absolute atomic E-state index is 0.338. The van der Waals surface area contributed by atoms with Crippen molar-refractivity contribution in [2.45, 2.75) is 6.92 Å². The summed E-state index contributed by atoms with van der Waals surface area (Å²) in [5.74, 6) is 1.06. The average molecular weight is 323 g/mol. The first kappa shape index (κ1) is 17.1. The van der Waals surface area contributed by atoms with Crippen LogP contribution in [0.1, 0.15) is 18.1 Å². The molecule has 0 unspecified atom stereocenters. The molecule has 5 heteroatoms. The Balaban J connectivity index is 2.36. The van der Waals surface area contributed by atoms with Crippen LogP contribution in [0, 0.1) is 11.3 Å². The second-order valence-electron chi connectivity index (χ2n) is 4.90. The van der Waals surface area contributed by atoms with E-state index in [1.165, 1.54) is 14.0 Å². The molecule has 0 radical (unpaired) electrons. The number of nitriles is 1. The topological polar surface area (TPSA) is 68.5 Å². The highest BCUT2D eigenvalue weighted by atomic mass is 16.6. The maximum absolute atomic E-state index is 11.1. The van der Waals surface area contributed by atoms with Gasteiger partial charge < -0.3 is 14.2 Å². The van der Waals surface area contributed by atoms with E-state index in [0.717, 1.165) is 16.9 Å². The Hall–Kier alpha value is -3.26. The Kier molecular flexibility index (Phi) is 5.58. The predicted octanol–water partition coefficient (Wildman–Crippen LogP) is 3.69. The number of methoxy groups -OCH3 is 2. The zero-order valence-corrected chi connectivity index (χ0v) is 13.7. The molecular weight excluding hydrogens is 306 g/mol. The van der Waals surface area contributed by atoms with Crippen molar-refractivity contribution < 1.29 is 19.0 Å². The van der Waals surface area contributed by atoms with Crippen LogP contribution < -0.4 is 14.2 Å². The second kappa shape index (κ2) is 7.84. The van der Waals surface area contributed by atoms with Gasteiger partial charge in [-0.3, -0.25) is 4.79 Å². The fraction of sp³-hybridized carbons (Fsp3) is 0.158. The van der Waals surface area contributed by atoms with E-state index in [0.29, 0.717) is 17.1 Å². The molecule has 5 nitrogen and oxygen atoms in total. The number of allylic oxidation sites excluding steroid dienone is 1. The van der Waals surface area contributed by atoms with E-state index >= 15 is 0 Å². The summed E-state index contributed by atoms with van der Waals surface area (Å²) in [6.45, 7) is 1.32. The molecule has 2 aromatic rings. The van der Waals surface area contributed by atoms with Gasteiger partial charge in [0.25, 0.3) is 0 Å². The number of hydrogen-bond donors (Lipinski definition) is 0. The molecule has 0 saturated heterocycles. The molecule has 0 bridgehead atoms. The second-order valence-corrected chi connectivity index (χ2v) is 4.90. The highest BCUT2D eigenvalue weighted by molar-refractivity contribution is 5.90. The third kappa shape index (κ3) is 4.14. The van der Waals surface area contributed by atoms with Crippen LogP contribution in [-0.4, -0.2) is 20.2 Å². The van der Waals surface area contributed by atoms with Gasteiger partial charge in [-0.2, -0.15) is 5.26 Å². The van der Waals surface area contributed by atoms with Crippen molar-refractivity contribution in [2.24, 2.45) is 0 Å². The normalized spacial score (nSPS) is 10.7. The van der Waals surface area contributed by atoms with Crippen LogP contribution in [0.25, 0.3) is 11.6 Å². The van der Waals surface area contributed by atoms with Crippen LogP contribution in [0.4, 0.5) is 0 Å². The van der Waals surface area contributed by atoms with Crippen molar-refractivity contribution >= 4 is 17.6 Å². The van der Waals surface area contributed by atoms with Crippen molar-refractivity contribution in [1.29, 1.82) is 5.26 Å². The molecule has 0 saturated carbocycles. The number of nitrogens with zero attached hydrogens (tertiary/aromatic N) is 1. The number of esters is 1. The summed E-state index contributed by atoms with van der Waals surface area (Å²) >= 11 is 0. The maximum atomic E-state index is 11.1. The molecule has 0 aliphatic carbocycles. The standard InChI is InChI=1S/C19H17NO4/c1-13(21)24-18-9-4-14(11-19(18)23-3)10-16(12-20)15-5-7-17(22-2)8-6-15/h4-11H,1-3H3/b16-10-. The molecule has 0 N–H and O–H groups in total. The van der Waals surface area contributed by atoms with Gasteiger partial charge in [0.1, 0.15) is 5.75 Å². The van der Waals surface area contributed by atoms with Gasteiger partial charge in [-0.15, -0.1) is 0 Å². The number of benzene rings is 2. The Labute approximate surface area is 140 Å². The lowest BCUT2D eigenvalue weighted by Crippen LogP contribution is -2.03. The van der Waals surface area contributed by atoms with E-state index in [-0.39, 0.29) is 0 Å². The molecule has 0 aliphatic rings. The molecule has 24 heavy (non-hydrogen) atoms. The summed E-state index contributed by atoms with van der Waals surface area (Å²) < 4.78 is 15.4. The smallest absolute Gasteiger partial charge is 0.308 e. The predicted molar refractivity (Wildman–Crippen MR) is 90.8 cm³/mol. The monoisotopic (exact) mass is 323 g/mol. The van der Waals surface area contributed by atoms with Crippen LogP contribution in [0.15, 0.2) is 42.5 Å². The minimum Gasteiger partial charge on any atom is -0.497 e. The first-order chi connectivity index (χ1) is 11.6. The van der Waals surface area contributed by atoms with Crippen LogP contribution in [0.5, 0.6) is 17.2 Å². The number of hydrogen-bond acceptors (Lipinski definition) is 5. The Bertz CT molecular complexity index is 801. The Morgan fingerprint density at radius 2 is 1.75 bits per heavy atom. The molecule has 0 aliphatic heterocycles. The van der Waals surface area contributed by atoms with Gasteiger partial charge >= 0.3 is 5.97 Å². The van der Waals surface area contributed by atoms with Crippen molar-refractivity contribution in [3.8, 4) is 23.3 Å². The maximum Gasteiger partial charge on any atom is 0.308 e. The summed E-state index contributed by atoms with van der Waals surface area (Å²) in [5, 5.41) is 9.42. The first-order valence-electron chi connectivity index (χ1n) is 7.20. The molecule has 2 rings (SSSR count). The van der Waals surface area contributed by atoms with E-state index in [2.05, 4.69) is 6.07 Å². The van der Waals surface area contributed by atoms with Gasteiger partial charge in [0.05, 0.1) is 25.9 Å². The molecule has 0 heterocycles. The van der Waals surface area contributed by atoms with Gasteiger partial charge in [0.2, 0.25) is 0 Å². The van der Waals surface area contributed by atoms with E-state index in [4.69, 9.17) is 14.2 Å². The first-order valence-corrected chi connectivity index (χ1v) is 7.20. The third-order valence-corrected chi connectivity index (χ3v) is 3.27. The van der Waals surface area contributed by atoms with E-state index in [1.54, 1.807) is 43.5 Å². The van der Waals surface area contributed by atoms with Crippen molar-refractivity contribution in [3.63, 3.8) is 0 Å². The lowest BCUT2D eigenvalue weighted by Gasteiger charge is -2.09. The van der Waals surface area contributed by atoms with Gasteiger partial charge in [-0.05, 0) is 53.6 Å². The molecule has 0 atom stereocenters. The molecular formula is C19H17NO4. The highest BCUT2D eigenvalue weighted by Crippen LogP contribution is 2.30. The minimum atomic E-state index is -0.424. The average Bonchev–Trinajstić information content (AvgIpc) is 2.60. The van der Waals surface area contributed by atoms with Crippen LogP contribution in [-0.2, 0) is 4.79 Å². The van der Waals surface area contributed by atoms with Gasteiger partial charge in [-0.25, -0.2) is 0 Å². The van der Waals surface area contributed by atoms with Crippen LogP contribution in [0.3, 0.4) is 0 Å². The summed E-state index contributed by atoms with van der Waals surface area (Å²) in [7, 11) is 3.08. The van der Waals surface area contributed by atoms with Crippen LogP contribution >= 0.6 is 0 Å².